The van der Waals surface area contributed by atoms with Gasteiger partial charge in [-0.2, -0.15) is 0 Å². The van der Waals surface area contributed by atoms with E-state index < -0.39 is 12.3 Å². The molecule has 9 aliphatic rings. The van der Waals surface area contributed by atoms with Crippen molar-refractivity contribution in [2.24, 2.45) is 5.92 Å². The topological polar surface area (TPSA) is 320 Å². The van der Waals surface area contributed by atoms with Crippen molar-refractivity contribution in [3.05, 3.63) is 121 Å². The van der Waals surface area contributed by atoms with Crippen molar-refractivity contribution in [2.75, 3.05) is 249 Å². The maximum atomic E-state index is 12.0. The predicted octanol–water partition coefficient (Wildman–Crippen LogP) is 8.45. The largest absolute Gasteiger partial charge is 0.460 e. The lowest BCUT2D eigenvalue weighted by atomic mass is 10.1. The SMILES string of the molecule is C=C(I)C(=O)OCC[NH+]1CCCCC1.CC(C)(I)C(=O)OCC[NH+]1CCCCC1.CC(CI)C(=O)OCC[NH+]1CCCCC1.CC(I)C(=O)OCC[NH+]1CCCCC1.Cc1ccc(C(I)C(=O)OCC[NH+]2CCCCC2)cc1.O=C(CCI)OCC[NH+]1CCCCC1.O=C(CI)OCC[NH+]1CCCCC1.O=C(OCC[NH+]1CCCCC1)C(I)c1ccc([N+](=O)[O-])cc1.O=C(OCC[NH+]1CCCCC1)C(I)c1ccccc1. The second-order valence-electron chi connectivity index (χ2n) is 39.5. The van der Waals surface area contributed by atoms with Gasteiger partial charge in [-0.15, -0.1) is 0 Å². The van der Waals surface area contributed by atoms with E-state index >= 15 is 0 Å². The number of quaternary nitrogens is 9. The molecule has 0 aliphatic carbocycles. The number of hydrogen-bond donors (Lipinski definition) is 9. The minimum Gasteiger partial charge on any atom is -0.460 e. The second-order valence-corrected chi connectivity index (χ2v) is 51.8. The zero-order valence-electron chi connectivity index (χ0n) is 88.0. The molecular weight excluding hydrogens is 2890 g/mol. The van der Waals surface area contributed by atoms with E-state index in [2.05, 4.69) is 142 Å². The first-order valence-electron chi connectivity index (χ1n) is 53.9. The average molecular weight is 3070 g/mol. The minimum absolute atomic E-state index is 0.0226. The molecule has 5 atom stereocenters. The number of nitro groups is 1. The van der Waals surface area contributed by atoms with E-state index in [1.165, 1.54) is 301 Å². The van der Waals surface area contributed by atoms with Gasteiger partial charge in [-0.25, -0.2) is 4.79 Å². The summed E-state index contributed by atoms with van der Waals surface area (Å²) >= 11 is 18.8. The first-order chi connectivity index (χ1) is 70.3. The number of benzene rings is 3. The Morgan fingerprint density at radius 2 is 0.596 bits per heavy atom. The molecule has 9 aliphatic heterocycles. The highest BCUT2D eigenvalue weighted by Crippen LogP contribution is 2.29. The molecule has 39 heteroatoms. The van der Waals surface area contributed by atoms with Crippen molar-refractivity contribution in [1.82, 2.24) is 0 Å². The smallest absolute Gasteiger partial charge is 0.343 e. The highest BCUT2D eigenvalue weighted by molar-refractivity contribution is 14.1. The monoisotopic (exact) mass is 3070 g/mol. The molecule has 0 aromatic heterocycles. The summed E-state index contributed by atoms with van der Waals surface area (Å²) < 4.78 is 48.3. The van der Waals surface area contributed by atoms with Crippen LogP contribution in [-0.4, -0.2) is 315 Å². The molecule has 3 aromatic rings. The fraction of sp³-hybridized carbons (Fsp3) is 0.729. The van der Waals surface area contributed by atoms with Gasteiger partial charge in [0.05, 0.1) is 143 Å². The fourth-order valence-corrected chi connectivity index (χ4v) is 21.2. The number of nitrogens with one attached hydrogen (secondary N) is 9. The number of hydrogen-bond acceptors (Lipinski definition) is 20. The van der Waals surface area contributed by atoms with Crippen LogP contribution in [0.3, 0.4) is 0 Å². The van der Waals surface area contributed by atoms with Crippen LogP contribution in [0.2, 0.25) is 0 Å². The summed E-state index contributed by atoms with van der Waals surface area (Å²) in [6.45, 7) is 48.9. The summed E-state index contributed by atoms with van der Waals surface area (Å²) in [5.41, 5.74) is 3.99. The lowest BCUT2D eigenvalue weighted by Crippen LogP contribution is -3.13. The van der Waals surface area contributed by atoms with E-state index in [-0.39, 0.29) is 77.1 Å². The zero-order chi connectivity index (χ0) is 107. The van der Waals surface area contributed by atoms with Gasteiger partial charge < -0.3 is 86.7 Å². The molecule has 9 fully saturated rings. The van der Waals surface area contributed by atoms with Crippen LogP contribution in [0.15, 0.2) is 89.0 Å². The number of rotatable bonds is 42. The molecule has 0 radical (unpaired) electrons. The highest BCUT2D eigenvalue weighted by Gasteiger charge is 2.30. The molecular formula is C107H178I9N10O20+9. The van der Waals surface area contributed by atoms with E-state index in [1.807, 2.05) is 157 Å². The van der Waals surface area contributed by atoms with Crippen LogP contribution in [0, 0.1) is 23.0 Å². The van der Waals surface area contributed by atoms with Crippen molar-refractivity contribution in [2.45, 2.75) is 234 Å². The normalized spacial score (nSPS) is 18.3. The fourth-order valence-electron chi connectivity index (χ4n) is 17.9. The van der Waals surface area contributed by atoms with E-state index in [4.69, 9.17) is 42.6 Å². The Kier molecular flexibility index (Phi) is 80.7. The number of nitrogens with zero attached hydrogens (tertiary/aromatic N) is 1. The Hall–Kier alpha value is -1.76. The van der Waals surface area contributed by atoms with Crippen LogP contribution >= 0.6 is 203 Å². The molecule has 0 amide bonds. The summed E-state index contributed by atoms with van der Waals surface area (Å²) in [7, 11) is 0. The number of ether oxygens (including phenoxy) is 9. The number of carbonyl (C=O) groups is 9. The summed E-state index contributed by atoms with van der Waals surface area (Å²) in [6, 6.07) is 23.9. The van der Waals surface area contributed by atoms with E-state index in [0.29, 0.717) is 73.9 Å². The summed E-state index contributed by atoms with van der Waals surface area (Å²) in [5, 5.41) is 10.6. The van der Waals surface area contributed by atoms with E-state index in [1.54, 1.807) is 51.3 Å². The van der Waals surface area contributed by atoms with Crippen LogP contribution in [0.5, 0.6) is 0 Å². The Labute approximate surface area is 996 Å². The third-order valence-corrected chi connectivity index (χ3v) is 34.5. The third-order valence-electron chi connectivity index (χ3n) is 26.9. The van der Waals surface area contributed by atoms with Crippen LogP contribution in [0.1, 0.15) is 242 Å². The summed E-state index contributed by atoms with van der Waals surface area (Å²) in [4.78, 5) is 127. The average Bonchev–Trinajstić information content (AvgIpc) is 0.865. The lowest BCUT2D eigenvalue weighted by Gasteiger charge is -2.23. The first-order valence-corrected chi connectivity index (χ1v) is 65.7. The molecule has 9 heterocycles. The molecule has 3 aromatic carbocycles. The standard InChI is InChI=1S/C16H22INO2.C15H19IN2O4.C15H20INO2.2C11H20INO2.C10H18INO2.C10H16INO2.C10H18INO2.C9H16INO2/c1-13-5-7-14(8-6-13)15(17)16(19)20-12-11-18-9-3-2-4-10-18;16-14(12-4-6-13(7-5-12)18(20)21)15(19)22-11-10-17-8-2-1-3-9-17;16-14(13-7-3-1-4-8-13)15(18)19-12-11-17-9-5-2-6-10-17;1-11(2,12)10(14)15-9-8-13-6-4-3-5-7-13;1-10(9-12)11(14)15-8-7-13-5-3-2-4-6-13;2*1-9(11)10(13)14-8-7-12-5-3-2-4-6-12;11-5-4-10(13)14-9-8-12-6-2-1-3-7-12;10-8-9(12)13-7-6-11-4-2-1-3-5-11/h5-8,15H,2-4,9-12H2,1H3;4-7,14H,1-3,8-11H2;1,3-4,7-8,14H,2,5-6,9-12H2;3-9H2,1-2H3;10H,2-9H2,1H3;9H,2-8H2,1H3;1-8H2;1-9H2;1-8H2/p+9. The number of halogens is 9. The Morgan fingerprint density at radius 1 is 0.349 bits per heavy atom. The van der Waals surface area contributed by atoms with E-state index in [0.717, 1.165) is 97.5 Å². The third kappa shape index (κ3) is 67.4. The molecule has 0 spiro atoms. The number of nitro benzene ring substituents is 1. The minimum atomic E-state index is -0.453. The van der Waals surface area contributed by atoms with Gasteiger partial charge in [0.1, 0.15) is 137 Å². The van der Waals surface area contributed by atoms with Crippen LogP contribution in [-0.2, 0) is 85.8 Å². The van der Waals surface area contributed by atoms with E-state index in [9.17, 15) is 53.3 Å². The molecule has 5 unspecified atom stereocenters. The Bertz CT molecular complexity index is 4000. The molecule has 12 rings (SSSR count). The maximum absolute atomic E-state index is 12.0. The van der Waals surface area contributed by atoms with Gasteiger partial charge >= 0.3 is 53.7 Å². The molecule has 830 valence electrons. The van der Waals surface area contributed by atoms with Crippen molar-refractivity contribution >= 4 is 263 Å². The first kappa shape index (κ1) is 137. The zero-order valence-corrected chi connectivity index (χ0v) is 107. The number of carbonyl (C=O) groups excluding carboxylic acids is 9. The van der Waals surface area contributed by atoms with Gasteiger partial charge in [-0.3, -0.25) is 48.5 Å². The van der Waals surface area contributed by atoms with Crippen LogP contribution < -0.4 is 44.1 Å². The molecule has 9 N–H and O–H groups in total. The number of likely N-dealkylation sites (tertiary alicyclic amines) is 9. The van der Waals surface area contributed by atoms with Crippen molar-refractivity contribution in [3.63, 3.8) is 0 Å². The molecule has 0 saturated carbocycles. The summed E-state index contributed by atoms with van der Waals surface area (Å²) in [5.74, 6) is -1.11. The maximum Gasteiger partial charge on any atom is 0.343 e. The quantitative estimate of drug-likeness (QED) is 0.00488. The van der Waals surface area contributed by atoms with Gasteiger partial charge in [0, 0.05) is 21.0 Å². The molecule has 146 heavy (non-hydrogen) atoms. The van der Waals surface area contributed by atoms with Gasteiger partial charge in [-0.05, 0) is 240 Å². The van der Waals surface area contributed by atoms with Crippen molar-refractivity contribution < 1.29 is 135 Å². The second kappa shape index (κ2) is 86.3. The number of non-ortho nitro benzene ring substituents is 1. The molecule has 0 bridgehead atoms. The van der Waals surface area contributed by atoms with Gasteiger partial charge in [-0.1, -0.05) is 267 Å². The van der Waals surface area contributed by atoms with Gasteiger partial charge in [0.2, 0.25) is 0 Å². The Balaban J connectivity index is 0.000000344. The van der Waals surface area contributed by atoms with Crippen molar-refractivity contribution in [3.8, 4) is 0 Å². The number of alkyl halides is 8. The van der Waals surface area contributed by atoms with Crippen molar-refractivity contribution in [1.29, 1.82) is 0 Å². The van der Waals surface area contributed by atoms with Gasteiger partial charge in [0.25, 0.3) is 5.69 Å². The predicted molar refractivity (Wildman–Crippen MR) is 650 cm³/mol. The van der Waals surface area contributed by atoms with Crippen LogP contribution in [0.25, 0.3) is 0 Å². The number of aryl methyl sites for hydroxylation is 1. The molecule has 9 saturated heterocycles. The Morgan fingerprint density at radius 3 is 0.849 bits per heavy atom. The summed E-state index contributed by atoms with van der Waals surface area (Å²) in [6.07, 6.45) is 36.4. The molecule has 30 nitrogen and oxygen atoms in total. The number of esters is 9. The van der Waals surface area contributed by atoms with Crippen LogP contribution in [0.4, 0.5) is 5.69 Å². The highest BCUT2D eigenvalue weighted by atomic mass is 127. The lowest BCUT2D eigenvalue weighted by molar-refractivity contribution is -0.905. The number of piperidine rings is 9. The van der Waals surface area contributed by atoms with Gasteiger partial charge in [0.15, 0.2) is 0 Å².